The van der Waals surface area contributed by atoms with Crippen LogP contribution in [0.4, 0.5) is 0 Å². The van der Waals surface area contributed by atoms with E-state index in [-0.39, 0.29) is 6.04 Å². The number of nitrogens with one attached hydrogen (secondary N) is 1. The fraction of sp³-hybridized carbons (Fsp3) is 0.571. The third-order valence-electron chi connectivity index (χ3n) is 3.48. The molecule has 0 aliphatic carbocycles. The quantitative estimate of drug-likeness (QED) is 0.607. The molecule has 1 saturated heterocycles. The highest BCUT2D eigenvalue weighted by atomic mass is 16.5. The third-order valence-corrected chi connectivity index (χ3v) is 3.48. The Bertz CT molecular complexity index is 331. The number of rotatable bonds is 5. The molecule has 2 unspecified atom stereocenters. The van der Waals surface area contributed by atoms with E-state index in [9.17, 15) is 0 Å². The van der Waals surface area contributed by atoms with Gasteiger partial charge in [-0.1, -0.05) is 29.8 Å². The van der Waals surface area contributed by atoms with Crippen molar-refractivity contribution in [2.75, 3.05) is 6.61 Å². The van der Waals surface area contributed by atoms with E-state index in [0.717, 1.165) is 19.4 Å². The van der Waals surface area contributed by atoms with Crippen LogP contribution in [0.25, 0.3) is 0 Å². The number of nitrogens with two attached hydrogens (primary N) is 1. The number of benzene rings is 1. The maximum atomic E-state index is 5.64. The molecule has 1 aromatic carbocycles. The molecule has 0 aromatic heterocycles. The summed E-state index contributed by atoms with van der Waals surface area (Å²) in [6.07, 6.45) is 4.96. The minimum Gasteiger partial charge on any atom is -0.378 e. The summed E-state index contributed by atoms with van der Waals surface area (Å²) in [5.41, 5.74) is 5.45. The first kappa shape index (κ1) is 12.6. The highest BCUT2D eigenvalue weighted by molar-refractivity contribution is 5.23. The maximum absolute atomic E-state index is 5.64. The maximum Gasteiger partial charge on any atom is 0.0576 e. The second-order valence-electron chi connectivity index (χ2n) is 4.84. The normalized spacial score (nSPS) is 21.6. The van der Waals surface area contributed by atoms with Crippen LogP contribution in [0.15, 0.2) is 24.3 Å². The summed E-state index contributed by atoms with van der Waals surface area (Å²) in [4.78, 5) is 0. The van der Waals surface area contributed by atoms with Gasteiger partial charge in [0.25, 0.3) is 0 Å². The molecule has 94 valence electrons. The lowest BCUT2D eigenvalue weighted by Crippen LogP contribution is -2.28. The summed E-state index contributed by atoms with van der Waals surface area (Å²) < 4.78 is 5.63. The van der Waals surface area contributed by atoms with Gasteiger partial charge >= 0.3 is 0 Å². The van der Waals surface area contributed by atoms with Crippen LogP contribution in [0, 0.1) is 6.92 Å². The number of hydrogen-bond acceptors (Lipinski definition) is 3. The Labute approximate surface area is 103 Å². The molecule has 1 heterocycles. The molecule has 17 heavy (non-hydrogen) atoms. The average molecular weight is 234 g/mol. The van der Waals surface area contributed by atoms with Gasteiger partial charge < -0.3 is 4.74 Å². The molecule has 1 aromatic rings. The predicted octanol–water partition coefficient (Wildman–Crippen LogP) is 2.46. The molecule has 1 fully saturated rings. The molecule has 2 rings (SSSR count). The van der Waals surface area contributed by atoms with Crippen LogP contribution in [-0.2, 0) is 4.74 Å². The Kier molecular flexibility index (Phi) is 4.54. The number of ether oxygens (including phenoxy) is 1. The Morgan fingerprint density at radius 2 is 2.18 bits per heavy atom. The number of hydrazine groups is 1. The fourth-order valence-corrected chi connectivity index (χ4v) is 2.37. The van der Waals surface area contributed by atoms with Gasteiger partial charge in [-0.25, -0.2) is 0 Å². The molecule has 0 radical (unpaired) electrons. The van der Waals surface area contributed by atoms with Crippen LogP contribution in [0.1, 0.15) is 42.9 Å². The van der Waals surface area contributed by atoms with Gasteiger partial charge in [0.2, 0.25) is 0 Å². The molecule has 0 bridgehead atoms. The number of hydrogen-bond donors (Lipinski definition) is 2. The van der Waals surface area contributed by atoms with E-state index >= 15 is 0 Å². The Morgan fingerprint density at radius 1 is 1.41 bits per heavy atom. The predicted molar refractivity (Wildman–Crippen MR) is 69.5 cm³/mol. The van der Waals surface area contributed by atoms with Crippen molar-refractivity contribution in [2.45, 2.75) is 44.8 Å². The summed E-state index contributed by atoms with van der Waals surface area (Å²) in [5.74, 6) is 5.64. The van der Waals surface area contributed by atoms with E-state index in [0.29, 0.717) is 6.10 Å². The van der Waals surface area contributed by atoms with E-state index in [1.165, 1.54) is 24.0 Å². The van der Waals surface area contributed by atoms with Crippen molar-refractivity contribution < 1.29 is 4.74 Å². The second-order valence-corrected chi connectivity index (χ2v) is 4.84. The highest BCUT2D eigenvalue weighted by Gasteiger charge is 2.18. The Hall–Kier alpha value is -0.900. The van der Waals surface area contributed by atoms with Crippen molar-refractivity contribution in [3.63, 3.8) is 0 Å². The van der Waals surface area contributed by atoms with Gasteiger partial charge in [-0.15, -0.1) is 0 Å². The van der Waals surface area contributed by atoms with Gasteiger partial charge in [0.1, 0.15) is 0 Å². The lowest BCUT2D eigenvalue weighted by molar-refractivity contribution is 0.0996. The minimum atomic E-state index is 0.236. The van der Waals surface area contributed by atoms with Crippen molar-refractivity contribution in [2.24, 2.45) is 5.84 Å². The molecular formula is C14H22N2O. The molecule has 1 aliphatic rings. The minimum absolute atomic E-state index is 0.236. The summed E-state index contributed by atoms with van der Waals surface area (Å²) in [6.45, 7) is 3.02. The summed E-state index contributed by atoms with van der Waals surface area (Å²) >= 11 is 0. The van der Waals surface area contributed by atoms with Gasteiger partial charge in [0.05, 0.1) is 6.10 Å². The lowest BCUT2D eigenvalue weighted by Gasteiger charge is -2.18. The molecule has 0 saturated carbocycles. The summed E-state index contributed by atoms with van der Waals surface area (Å²) in [5, 5.41) is 0. The van der Waals surface area contributed by atoms with Crippen molar-refractivity contribution in [3.05, 3.63) is 35.4 Å². The average Bonchev–Trinajstić information content (AvgIpc) is 2.85. The molecule has 2 atom stereocenters. The van der Waals surface area contributed by atoms with Gasteiger partial charge in [-0.05, 0) is 38.2 Å². The highest BCUT2D eigenvalue weighted by Crippen LogP contribution is 2.23. The van der Waals surface area contributed by atoms with Gasteiger partial charge in [-0.3, -0.25) is 11.3 Å². The first-order valence-electron chi connectivity index (χ1n) is 6.44. The van der Waals surface area contributed by atoms with Crippen molar-refractivity contribution >= 4 is 0 Å². The molecular weight excluding hydrogens is 212 g/mol. The molecule has 0 amide bonds. The van der Waals surface area contributed by atoms with Crippen molar-refractivity contribution in [1.29, 1.82) is 0 Å². The standard InChI is InChI=1S/C14H22N2O/c1-11-4-6-12(7-5-11)14(16-15)9-8-13-3-2-10-17-13/h4-7,13-14,16H,2-3,8-10,15H2,1H3. The zero-order valence-electron chi connectivity index (χ0n) is 10.5. The van der Waals surface area contributed by atoms with Crippen LogP contribution >= 0.6 is 0 Å². The monoisotopic (exact) mass is 234 g/mol. The first-order chi connectivity index (χ1) is 8.29. The van der Waals surface area contributed by atoms with Crippen LogP contribution in [0.2, 0.25) is 0 Å². The van der Waals surface area contributed by atoms with Crippen LogP contribution < -0.4 is 11.3 Å². The van der Waals surface area contributed by atoms with E-state index < -0.39 is 0 Å². The van der Waals surface area contributed by atoms with E-state index in [4.69, 9.17) is 10.6 Å². The van der Waals surface area contributed by atoms with Gasteiger partial charge in [0, 0.05) is 12.6 Å². The smallest absolute Gasteiger partial charge is 0.0576 e. The van der Waals surface area contributed by atoms with E-state index in [1.54, 1.807) is 0 Å². The fourth-order valence-electron chi connectivity index (χ4n) is 2.37. The Morgan fingerprint density at radius 3 is 2.76 bits per heavy atom. The van der Waals surface area contributed by atoms with Crippen molar-refractivity contribution in [1.82, 2.24) is 5.43 Å². The third kappa shape index (κ3) is 3.53. The van der Waals surface area contributed by atoms with E-state index in [1.807, 2.05) is 0 Å². The lowest BCUT2D eigenvalue weighted by atomic mass is 9.99. The molecule has 0 spiro atoms. The largest absolute Gasteiger partial charge is 0.378 e. The number of aryl methyl sites for hydroxylation is 1. The SMILES string of the molecule is Cc1ccc(C(CCC2CCCO2)NN)cc1. The molecule has 3 N–H and O–H groups in total. The Balaban J connectivity index is 1.89. The molecule has 3 nitrogen and oxygen atoms in total. The van der Waals surface area contributed by atoms with Crippen molar-refractivity contribution in [3.8, 4) is 0 Å². The van der Waals surface area contributed by atoms with E-state index in [2.05, 4.69) is 36.6 Å². The first-order valence-corrected chi connectivity index (χ1v) is 6.44. The van der Waals surface area contributed by atoms with Crippen LogP contribution in [0.5, 0.6) is 0 Å². The molecule has 3 heteroatoms. The second kappa shape index (κ2) is 6.15. The van der Waals surface area contributed by atoms with Gasteiger partial charge in [-0.2, -0.15) is 0 Å². The molecule has 1 aliphatic heterocycles. The summed E-state index contributed by atoms with van der Waals surface area (Å²) in [7, 11) is 0. The summed E-state index contributed by atoms with van der Waals surface area (Å²) in [6, 6.07) is 8.79. The zero-order valence-corrected chi connectivity index (χ0v) is 10.5. The topological polar surface area (TPSA) is 47.3 Å². The van der Waals surface area contributed by atoms with Gasteiger partial charge in [0.15, 0.2) is 0 Å². The van der Waals surface area contributed by atoms with Crippen LogP contribution in [0.3, 0.4) is 0 Å². The van der Waals surface area contributed by atoms with Crippen LogP contribution in [-0.4, -0.2) is 12.7 Å². The zero-order chi connectivity index (χ0) is 12.1.